The molecule has 0 aromatic carbocycles. The smallest absolute Gasteiger partial charge is 0.241 e. The molecular weight excluding hydrogens is 330 g/mol. The van der Waals surface area contributed by atoms with Gasteiger partial charge < -0.3 is 10.6 Å². The third-order valence-corrected chi connectivity index (χ3v) is 5.58. The summed E-state index contributed by atoms with van der Waals surface area (Å²) in [7, 11) is 0. The molecule has 0 spiro atoms. The molecule has 0 bridgehead atoms. The zero-order valence-electron chi connectivity index (χ0n) is 12.4. The van der Waals surface area contributed by atoms with E-state index in [-0.39, 0.29) is 11.9 Å². The lowest BCUT2D eigenvalue weighted by atomic mass is 9.77. The average molecular weight is 352 g/mol. The number of nitrogens with zero attached hydrogens (tertiary/aromatic N) is 1. The van der Waals surface area contributed by atoms with Crippen molar-refractivity contribution >= 4 is 27.5 Å². The van der Waals surface area contributed by atoms with Crippen LogP contribution in [0.3, 0.4) is 0 Å². The van der Waals surface area contributed by atoms with Gasteiger partial charge in [-0.05, 0) is 66.1 Å². The van der Waals surface area contributed by atoms with Crippen LogP contribution >= 0.6 is 15.9 Å². The number of aromatic nitrogens is 1. The number of halogens is 1. The molecule has 4 nitrogen and oxygen atoms in total. The van der Waals surface area contributed by atoms with Crippen LogP contribution < -0.4 is 10.6 Å². The van der Waals surface area contributed by atoms with Crippen molar-refractivity contribution in [1.29, 1.82) is 0 Å². The fraction of sp³-hybridized carbons (Fsp3) is 0.625. The maximum Gasteiger partial charge on any atom is 0.241 e. The molecule has 2 aliphatic rings. The van der Waals surface area contributed by atoms with E-state index in [0.717, 1.165) is 28.2 Å². The molecule has 2 fully saturated rings. The summed E-state index contributed by atoms with van der Waals surface area (Å²) in [6, 6.07) is 2.42. The zero-order valence-corrected chi connectivity index (χ0v) is 13.9. The number of carbonyl (C=O) groups is 1. The van der Waals surface area contributed by atoms with E-state index in [2.05, 4.69) is 31.5 Å². The Balaban J connectivity index is 1.61. The van der Waals surface area contributed by atoms with Crippen molar-refractivity contribution in [3.05, 3.63) is 22.4 Å². The van der Waals surface area contributed by atoms with Gasteiger partial charge in [-0.25, -0.2) is 4.98 Å². The van der Waals surface area contributed by atoms with E-state index in [1.165, 1.54) is 32.1 Å². The normalized spacial score (nSPS) is 28.8. The minimum absolute atomic E-state index is 0.0618. The second-order valence-electron chi connectivity index (χ2n) is 6.27. The van der Waals surface area contributed by atoms with Crippen LogP contribution in [0.5, 0.6) is 0 Å². The molecule has 21 heavy (non-hydrogen) atoms. The molecule has 1 aliphatic carbocycles. The van der Waals surface area contributed by atoms with Crippen LogP contribution in [0.25, 0.3) is 0 Å². The van der Waals surface area contributed by atoms with E-state index in [1.807, 2.05) is 13.0 Å². The summed E-state index contributed by atoms with van der Waals surface area (Å²) in [6.07, 6.45) is 8.99. The SMILES string of the molecule is Cc1cc(NC(=O)C2CCC3CCCCC3N2)cnc1Br. The summed E-state index contributed by atoms with van der Waals surface area (Å²) in [5, 5.41) is 6.55. The number of hydrogen-bond acceptors (Lipinski definition) is 3. The quantitative estimate of drug-likeness (QED) is 0.802. The Morgan fingerprint density at radius 3 is 2.95 bits per heavy atom. The second-order valence-corrected chi connectivity index (χ2v) is 7.02. The highest BCUT2D eigenvalue weighted by atomic mass is 79.9. The number of nitrogens with one attached hydrogen (secondary N) is 2. The van der Waals surface area contributed by atoms with E-state index < -0.39 is 0 Å². The molecule has 3 unspecified atom stereocenters. The Morgan fingerprint density at radius 2 is 2.14 bits per heavy atom. The Kier molecular flexibility index (Phi) is 4.60. The van der Waals surface area contributed by atoms with Crippen molar-refractivity contribution < 1.29 is 4.79 Å². The largest absolute Gasteiger partial charge is 0.323 e. The van der Waals surface area contributed by atoms with E-state index in [9.17, 15) is 4.79 Å². The number of aryl methyl sites for hydroxylation is 1. The Labute approximate surface area is 134 Å². The molecule has 2 N–H and O–H groups in total. The van der Waals surface area contributed by atoms with Gasteiger partial charge in [-0.15, -0.1) is 0 Å². The maximum absolute atomic E-state index is 12.4. The van der Waals surface area contributed by atoms with Crippen LogP contribution in [0, 0.1) is 12.8 Å². The maximum atomic E-state index is 12.4. The van der Waals surface area contributed by atoms with E-state index in [0.29, 0.717) is 6.04 Å². The summed E-state index contributed by atoms with van der Waals surface area (Å²) in [5.74, 6) is 0.849. The van der Waals surface area contributed by atoms with E-state index in [4.69, 9.17) is 0 Å². The molecule has 5 heteroatoms. The van der Waals surface area contributed by atoms with Gasteiger partial charge in [0.1, 0.15) is 4.60 Å². The van der Waals surface area contributed by atoms with Gasteiger partial charge in [0.15, 0.2) is 0 Å². The van der Waals surface area contributed by atoms with Crippen LogP contribution in [0.1, 0.15) is 44.1 Å². The molecule has 2 heterocycles. The van der Waals surface area contributed by atoms with Crippen LogP contribution in [0.2, 0.25) is 0 Å². The van der Waals surface area contributed by atoms with Crippen LogP contribution in [0.15, 0.2) is 16.9 Å². The minimum atomic E-state index is -0.0618. The fourth-order valence-electron chi connectivity index (χ4n) is 3.56. The number of rotatable bonds is 2. The zero-order chi connectivity index (χ0) is 14.8. The van der Waals surface area contributed by atoms with Crippen molar-refractivity contribution in [3.8, 4) is 0 Å². The first-order chi connectivity index (χ1) is 10.1. The van der Waals surface area contributed by atoms with Gasteiger partial charge in [-0.2, -0.15) is 0 Å². The Bertz CT molecular complexity index is 534. The molecule has 0 radical (unpaired) electrons. The lowest BCUT2D eigenvalue weighted by Gasteiger charge is -2.39. The van der Waals surface area contributed by atoms with Crippen molar-refractivity contribution in [2.75, 3.05) is 5.32 Å². The lowest BCUT2D eigenvalue weighted by Crippen LogP contribution is -2.53. The van der Waals surface area contributed by atoms with Crippen molar-refractivity contribution in [1.82, 2.24) is 10.3 Å². The lowest BCUT2D eigenvalue weighted by molar-refractivity contribution is -0.119. The Hall–Kier alpha value is -0.940. The van der Waals surface area contributed by atoms with Gasteiger partial charge in [0, 0.05) is 6.04 Å². The number of piperidine rings is 1. The third-order valence-electron chi connectivity index (χ3n) is 4.75. The van der Waals surface area contributed by atoms with Gasteiger partial charge in [0.25, 0.3) is 0 Å². The first kappa shape index (κ1) is 15.0. The van der Waals surface area contributed by atoms with Crippen molar-refractivity contribution in [3.63, 3.8) is 0 Å². The average Bonchev–Trinajstić information content (AvgIpc) is 2.50. The topological polar surface area (TPSA) is 54.0 Å². The van der Waals surface area contributed by atoms with Gasteiger partial charge in [0.2, 0.25) is 5.91 Å². The van der Waals surface area contributed by atoms with Gasteiger partial charge >= 0.3 is 0 Å². The molecule has 114 valence electrons. The summed E-state index contributed by atoms with van der Waals surface area (Å²) in [4.78, 5) is 16.6. The van der Waals surface area contributed by atoms with Crippen molar-refractivity contribution in [2.45, 2.75) is 57.5 Å². The molecule has 1 saturated carbocycles. The molecular formula is C16H22BrN3O. The minimum Gasteiger partial charge on any atom is -0.323 e. The van der Waals surface area contributed by atoms with Gasteiger partial charge in [0.05, 0.1) is 17.9 Å². The molecule has 3 rings (SSSR count). The summed E-state index contributed by atoms with van der Waals surface area (Å²) < 4.78 is 0.821. The number of carbonyl (C=O) groups excluding carboxylic acids is 1. The summed E-state index contributed by atoms with van der Waals surface area (Å²) in [5.41, 5.74) is 1.80. The third kappa shape index (κ3) is 3.46. The summed E-state index contributed by atoms with van der Waals surface area (Å²) in [6.45, 7) is 1.97. The number of hydrogen-bond donors (Lipinski definition) is 2. The van der Waals surface area contributed by atoms with Crippen LogP contribution in [-0.2, 0) is 4.79 Å². The fourth-order valence-corrected chi connectivity index (χ4v) is 3.77. The highest BCUT2D eigenvalue weighted by molar-refractivity contribution is 9.10. The second kappa shape index (κ2) is 6.44. The van der Waals surface area contributed by atoms with Gasteiger partial charge in [-0.1, -0.05) is 12.8 Å². The standard InChI is InChI=1S/C16H22BrN3O/c1-10-8-12(9-18-15(10)17)19-16(21)14-7-6-11-4-2-3-5-13(11)20-14/h8-9,11,13-14,20H,2-7H2,1H3,(H,19,21). The number of pyridine rings is 1. The predicted octanol–water partition coefficient (Wildman–Crippen LogP) is 3.40. The summed E-state index contributed by atoms with van der Waals surface area (Å²) >= 11 is 3.37. The van der Waals surface area contributed by atoms with Gasteiger partial charge in [-0.3, -0.25) is 4.79 Å². The molecule has 1 aliphatic heterocycles. The number of amides is 1. The predicted molar refractivity (Wildman–Crippen MR) is 87.2 cm³/mol. The molecule has 1 saturated heterocycles. The number of anilines is 1. The monoisotopic (exact) mass is 351 g/mol. The van der Waals surface area contributed by atoms with Crippen LogP contribution in [0.4, 0.5) is 5.69 Å². The van der Waals surface area contributed by atoms with E-state index >= 15 is 0 Å². The molecule has 1 aromatic heterocycles. The van der Waals surface area contributed by atoms with Crippen molar-refractivity contribution in [2.24, 2.45) is 5.92 Å². The molecule has 1 amide bonds. The molecule has 1 aromatic rings. The Morgan fingerprint density at radius 1 is 1.33 bits per heavy atom. The highest BCUT2D eigenvalue weighted by Crippen LogP contribution is 2.32. The first-order valence-corrected chi connectivity index (χ1v) is 8.62. The van der Waals surface area contributed by atoms with E-state index in [1.54, 1.807) is 6.20 Å². The first-order valence-electron chi connectivity index (χ1n) is 7.82. The number of fused-ring (bicyclic) bond motifs is 1. The molecule has 3 atom stereocenters. The van der Waals surface area contributed by atoms with Crippen LogP contribution in [-0.4, -0.2) is 23.0 Å². The highest BCUT2D eigenvalue weighted by Gasteiger charge is 2.34.